The molecule has 0 spiro atoms. The summed E-state index contributed by atoms with van der Waals surface area (Å²) < 4.78 is 5.76. The van der Waals surface area contributed by atoms with Crippen LogP contribution in [0.3, 0.4) is 0 Å². The fourth-order valence-electron chi connectivity index (χ4n) is 5.29. The van der Waals surface area contributed by atoms with E-state index in [1.807, 2.05) is 13.0 Å². The first kappa shape index (κ1) is 21.1. The number of ether oxygens (including phenoxy) is 1. The largest absolute Gasteiger partial charge is 0.508 e. The highest BCUT2D eigenvalue weighted by molar-refractivity contribution is 5.97. The van der Waals surface area contributed by atoms with Crippen LogP contribution in [0.2, 0.25) is 0 Å². The second kappa shape index (κ2) is 8.94. The van der Waals surface area contributed by atoms with Crippen LogP contribution < -0.4 is 5.32 Å². The third-order valence-corrected chi connectivity index (χ3v) is 7.13. The second-order valence-electron chi connectivity index (χ2n) is 8.95. The maximum atomic E-state index is 12.6. The zero-order valence-electron chi connectivity index (χ0n) is 17.9. The van der Waals surface area contributed by atoms with Gasteiger partial charge in [-0.3, -0.25) is 9.69 Å². The van der Waals surface area contributed by atoms with Crippen molar-refractivity contribution in [1.82, 2.24) is 10.2 Å². The predicted molar refractivity (Wildman–Crippen MR) is 115 cm³/mol. The van der Waals surface area contributed by atoms with Crippen LogP contribution in [0.4, 0.5) is 0 Å². The number of benzene rings is 1. The fourth-order valence-corrected chi connectivity index (χ4v) is 5.29. The molecule has 1 aromatic rings. The number of likely N-dealkylation sites (tertiary alicyclic amines) is 1. The molecule has 30 heavy (non-hydrogen) atoms. The quantitative estimate of drug-likeness (QED) is 0.682. The Hall–Kier alpha value is -2.12. The minimum atomic E-state index is -0.715. The summed E-state index contributed by atoms with van der Waals surface area (Å²) in [7, 11) is 1.68. The lowest BCUT2D eigenvalue weighted by Crippen LogP contribution is -2.56. The van der Waals surface area contributed by atoms with E-state index in [1.165, 1.54) is 25.7 Å². The van der Waals surface area contributed by atoms with Gasteiger partial charge in [-0.2, -0.15) is 0 Å². The summed E-state index contributed by atoms with van der Waals surface area (Å²) in [5.41, 5.74) is 1.46. The number of phenolic OH excluding ortho intramolecular Hbond substituents is 1. The molecule has 0 bridgehead atoms. The molecule has 4 rings (SSSR count). The number of hydrogen-bond donors (Lipinski definition) is 3. The number of aliphatic imine (C=N–C) groups is 1. The molecule has 2 fully saturated rings. The Morgan fingerprint density at radius 1 is 1.33 bits per heavy atom. The van der Waals surface area contributed by atoms with E-state index in [2.05, 4.69) is 15.2 Å². The molecule has 0 aromatic heterocycles. The number of hydrogen-bond acceptors (Lipinski definition) is 6. The number of β-amino-alcohol motifs (C(OH)–C–C–N with tert-alkyl or cyclic N) is 1. The summed E-state index contributed by atoms with van der Waals surface area (Å²) in [6, 6.07) is 4.68. The van der Waals surface area contributed by atoms with Crippen LogP contribution in [0, 0.1) is 18.8 Å². The van der Waals surface area contributed by atoms with Crippen molar-refractivity contribution in [3.63, 3.8) is 0 Å². The number of rotatable bonds is 5. The molecule has 1 saturated carbocycles. The number of amides is 1. The highest BCUT2D eigenvalue weighted by Gasteiger charge is 2.41. The topological polar surface area (TPSA) is 94.4 Å². The summed E-state index contributed by atoms with van der Waals surface area (Å²) in [6.45, 7) is 3.39. The Bertz CT molecular complexity index is 812. The number of aliphatic hydroxyl groups is 1. The van der Waals surface area contributed by atoms with Gasteiger partial charge in [-0.25, -0.2) is 4.99 Å². The van der Waals surface area contributed by atoms with Crippen molar-refractivity contribution in [2.24, 2.45) is 16.8 Å². The number of aliphatic hydroxyl groups excluding tert-OH is 1. The lowest BCUT2D eigenvalue weighted by atomic mass is 9.72. The normalized spacial score (nSPS) is 30.2. The Balaban J connectivity index is 1.46. The van der Waals surface area contributed by atoms with Crippen molar-refractivity contribution in [3.8, 4) is 5.75 Å². The Labute approximate surface area is 178 Å². The van der Waals surface area contributed by atoms with E-state index >= 15 is 0 Å². The summed E-state index contributed by atoms with van der Waals surface area (Å²) in [5.74, 6) is 1.92. The zero-order chi connectivity index (χ0) is 21.3. The number of likely N-dealkylation sites (N-methyl/N-ethyl adjacent to an activating group) is 1. The van der Waals surface area contributed by atoms with Crippen molar-refractivity contribution in [2.75, 3.05) is 26.7 Å². The average Bonchev–Trinajstić information content (AvgIpc) is 3.25. The Kier molecular flexibility index (Phi) is 6.29. The van der Waals surface area contributed by atoms with Crippen molar-refractivity contribution in [1.29, 1.82) is 0 Å². The van der Waals surface area contributed by atoms with Gasteiger partial charge < -0.3 is 20.3 Å². The molecule has 0 radical (unpaired) electrons. The lowest BCUT2D eigenvalue weighted by Gasteiger charge is -2.46. The number of carbonyl (C=O) groups excluding carboxylic acids is 1. The highest BCUT2D eigenvalue weighted by atomic mass is 16.5. The summed E-state index contributed by atoms with van der Waals surface area (Å²) in [5, 5.41) is 23.7. The number of nitrogens with one attached hydrogen (secondary N) is 1. The second-order valence-corrected chi connectivity index (χ2v) is 8.95. The summed E-state index contributed by atoms with van der Waals surface area (Å²) >= 11 is 0. The minimum Gasteiger partial charge on any atom is -0.508 e. The van der Waals surface area contributed by atoms with Gasteiger partial charge in [-0.1, -0.05) is 25.3 Å². The van der Waals surface area contributed by atoms with Crippen LogP contribution in [0.15, 0.2) is 23.2 Å². The first-order valence-corrected chi connectivity index (χ1v) is 11.1. The van der Waals surface area contributed by atoms with Gasteiger partial charge >= 0.3 is 0 Å². The molecule has 1 aromatic carbocycles. The number of nitrogens with zero attached hydrogens (tertiary/aromatic N) is 2. The van der Waals surface area contributed by atoms with Gasteiger partial charge in [0, 0.05) is 31.3 Å². The molecule has 1 saturated heterocycles. The van der Waals surface area contributed by atoms with Crippen LogP contribution in [0.5, 0.6) is 5.75 Å². The van der Waals surface area contributed by atoms with Crippen molar-refractivity contribution in [2.45, 2.75) is 57.2 Å². The molecule has 7 nitrogen and oxygen atoms in total. The van der Waals surface area contributed by atoms with E-state index in [4.69, 9.17) is 4.74 Å². The summed E-state index contributed by atoms with van der Waals surface area (Å²) in [4.78, 5) is 19.3. The van der Waals surface area contributed by atoms with E-state index in [0.29, 0.717) is 36.4 Å². The highest BCUT2D eigenvalue weighted by Crippen LogP contribution is 2.38. The first-order chi connectivity index (χ1) is 14.5. The number of piperidine rings is 1. The van der Waals surface area contributed by atoms with E-state index < -0.39 is 6.10 Å². The van der Waals surface area contributed by atoms with E-state index in [0.717, 1.165) is 18.5 Å². The zero-order valence-corrected chi connectivity index (χ0v) is 17.9. The molecule has 3 N–H and O–H groups in total. The Morgan fingerprint density at radius 2 is 2.10 bits per heavy atom. The Morgan fingerprint density at radius 3 is 2.87 bits per heavy atom. The van der Waals surface area contributed by atoms with Crippen LogP contribution in [-0.4, -0.2) is 71.8 Å². The van der Waals surface area contributed by atoms with Crippen LogP contribution in [0.25, 0.3) is 0 Å². The van der Waals surface area contributed by atoms with E-state index in [-0.39, 0.29) is 23.7 Å². The van der Waals surface area contributed by atoms with Gasteiger partial charge in [0.25, 0.3) is 0 Å². The number of phenols is 1. The molecular formula is C23H33N3O4. The summed E-state index contributed by atoms with van der Waals surface area (Å²) in [6.07, 6.45) is 5.10. The average molecular weight is 416 g/mol. The molecule has 2 heterocycles. The van der Waals surface area contributed by atoms with Crippen LogP contribution in [-0.2, 0) is 9.53 Å². The molecular weight excluding hydrogens is 382 g/mol. The van der Waals surface area contributed by atoms with Gasteiger partial charge in [0.1, 0.15) is 18.4 Å². The van der Waals surface area contributed by atoms with E-state index in [1.54, 1.807) is 19.2 Å². The van der Waals surface area contributed by atoms with Crippen LogP contribution in [0.1, 0.15) is 43.2 Å². The molecule has 3 aliphatic rings. The van der Waals surface area contributed by atoms with Gasteiger partial charge in [-0.15, -0.1) is 0 Å². The molecule has 5 atom stereocenters. The molecule has 164 valence electrons. The van der Waals surface area contributed by atoms with Gasteiger partial charge in [0.05, 0.1) is 12.1 Å². The third kappa shape index (κ3) is 4.18. The van der Waals surface area contributed by atoms with Crippen LogP contribution >= 0.6 is 0 Å². The van der Waals surface area contributed by atoms with Gasteiger partial charge in [0.15, 0.2) is 0 Å². The van der Waals surface area contributed by atoms with Gasteiger partial charge in [-0.05, 0) is 43.7 Å². The monoisotopic (exact) mass is 415 g/mol. The number of carbonyl (C=O) groups is 1. The SMILES string of the molecule is CNC(=O)[C@@H]1C[C@@H]2CCCC[C@@H]2CN1C[C@@H](O)C1COC(c2cccc(O)c2C)=N1. The predicted octanol–water partition coefficient (Wildman–Crippen LogP) is 1.83. The fraction of sp³-hybridized carbons (Fsp3) is 0.652. The number of fused-ring (bicyclic) bond motifs is 1. The standard InChI is InChI=1S/C23H33N3O4/c1-14-17(8-5-9-20(14)27)23-25-18(13-30-23)21(28)12-26-11-16-7-4-3-6-15(16)10-19(26)22(29)24-2/h5,8-9,15-16,18-19,21,27-28H,3-4,6-7,10-13H2,1-2H3,(H,24,29)/t15-,16+,18?,19-,21+/m0/s1. The maximum absolute atomic E-state index is 12.6. The first-order valence-electron chi connectivity index (χ1n) is 11.1. The minimum absolute atomic E-state index is 0.0356. The molecule has 7 heteroatoms. The van der Waals surface area contributed by atoms with Crippen molar-refractivity contribution >= 4 is 11.8 Å². The molecule has 1 aliphatic carbocycles. The van der Waals surface area contributed by atoms with Crippen molar-refractivity contribution in [3.05, 3.63) is 29.3 Å². The molecule has 2 aliphatic heterocycles. The van der Waals surface area contributed by atoms with Gasteiger partial charge in [0.2, 0.25) is 11.8 Å². The maximum Gasteiger partial charge on any atom is 0.237 e. The van der Waals surface area contributed by atoms with E-state index in [9.17, 15) is 15.0 Å². The third-order valence-electron chi connectivity index (χ3n) is 7.13. The molecule has 1 unspecified atom stereocenters. The lowest BCUT2D eigenvalue weighted by molar-refractivity contribution is -0.130. The smallest absolute Gasteiger partial charge is 0.237 e. The number of aromatic hydroxyl groups is 1. The van der Waals surface area contributed by atoms with Crippen molar-refractivity contribution < 1.29 is 19.7 Å². The molecule has 1 amide bonds.